The predicted octanol–water partition coefficient (Wildman–Crippen LogP) is 1.85. The van der Waals surface area contributed by atoms with Crippen LogP contribution in [0, 0.1) is 11.3 Å². The molecular formula is C17H21N3O3. The number of ketones is 1. The van der Waals surface area contributed by atoms with Crippen molar-refractivity contribution in [2.24, 2.45) is 22.1 Å². The fourth-order valence-electron chi connectivity index (χ4n) is 3.19. The lowest BCUT2D eigenvalue weighted by atomic mass is 9.79. The van der Waals surface area contributed by atoms with E-state index >= 15 is 0 Å². The molecule has 3 N–H and O–H groups in total. The van der Waals surface area contributed by atoms with E-state index in [2.05, 4.69) is 23.7 Å². The van der Waals surface area contributed by atoms with E-state index in [1.54, 1.807) is 6.07 Å². The van der Waals surface area contributed by atoms with Crippen molar-refractivity contribution in [2.75, 3.05) is 18.0 Å². The molecule has 1 aromatic carbocycles. The van der Waals surface area contributed by atoms with Gasteiger partial charge in [-0.05, 0) is 30.0 Å². The van der Waals surface area contributed by atoms with E-state index in [-0.39, 0.29) is 11.5 Å². The van der Waals surface area contributed by atoms with Crippen LogP contribution in [-0.4, -0.2) is 42.2 Å². The Bertz CT molecular complexity index is 696. The molecule has 6 heteroatoms. The zero-order valence-corrected chi connectivity index (χ0v) is 13.3. The smallest absolute Gasteiger partial charge is 0.319 e. The molecule has 1 fully saturated rings. The minimum absolute atomic E-state index is 0.0155. The Balaban J connectivity index is 1.89. The maximum Gasteiger partial charge on any atom is 0.319 e. The van der Waals surface area contributed by atoms with Gasteiger partial charge in [0.15, 0.2) is 11.7 Å². The highest BCUT2D eigenvalue weighted by atomic mass is 16.4. The van der Waals surface area contributed by atoms with Crippen molar-refractivity contribution in [3.8, 4) is 0 Å². The summed E-state index contributed by atoms with van der Waals surface area (Å²) in [5.74, 6) is -2.75. The second-order valence-electron chi connectivity index (χ2n) is 6.97. The van der Waals surface area contributed by atoms with E-state index in [1.165, 1.54) is 6.21 Å². The van der Waals surface area contributed by atoms with Crippen molar-refractivity contribution in [1.29, 1.82) is 0 Å². The van der Waals surface area contributed by atoms with Crippen LogP contribution in [0.25, 0.3) is 0 Å². The van der Waals surface area contributed by atoms with Crippen LogP contribution in [0.5, 0.6) is 0 Å². The number of benzene rings is 1. The van der Waals surface area contributed by atoms with Gasteiger partial charge in [0.1, 0.15) is 0 Å². The average molecular weight is 315 g/mol. The van der Waals surface area contributed by atoms with Gasteiger partial charge in [-0.2, -0.15) is 0 Å². The first-order valence-electron chi connectivity index (χ1n) is 7.75. The number of Topliss-reactive ketones (excluding diaryl/α,β-unsaturated/α-hetero) is 1. The van der Waals surface area contributed by atoms with Crippen molar-refractivity contribution in [3.05, 3.63) is 23.8 Å². The normalized spacial score (nSPS) is 26.0. The lowest BCUT2D eigenvalue weighted by molar-refractivity contribution is -0.137. The highest BCUT2D eigenvalue weighted by Crippen LogP contribution is 2.35. The molecule has 1 aromatic rings. The topological polar surface area (TPSA) is 96.0 Å². The third-order valence-electron chi connectivity index (χ3n) is 4.84. The summed E-state index contributed by atoms with van der Waals surface area (Å²) >= 11 is 0. The van der Waals surface area contributed by atoms with Crippen LogP contribution in [0.1, 0.15) is 30.6 Å². The molecular weight excluding hydrogens is 294 g/mol. The Labute approximate surface area is 135 Å². The molecule has 2 heterocycles. The van der Waals surface area contributed by atoms with E-state index in [0.717, 1.165) is 25.2 Å². The molecule has 0 amide bonds. The van der Waals surface area contributed by atoms with Crippen LogP contribution >= 0.6 is 0 Å². The van der Waals surface area contributed by atoms with Gasteiger partial charge in [0.2, 0.25) is 0 Å². The quantitative estimate of drug-likeness (QED) is 0.812. The monoisotopic (exact) mass is 315 g/mol. The molecule has 0 radical (unpaired) electrons. The number of hydrogen-bond acceptors (Lipinski definition) is 5. The Kier molecular flexibility index (Phi) is 3.72. The summed E-state index contributed by atoms with van der Waals surface area (Å²) in [6.45, 7) is 6.00. The number of carboxylic acids is 1. The fourth-order valence-corrected chi connectivity index (χ4v) is 3.19. The first-order valence-corrected chi connectivity index (χ1v) is 7.75. The molecule has 1 saturated heterocycles. The van der Waals surface area contributed by atoms with Gasteiger partial charge in [0.05, 0.1) is 5.69 Å². The van der Waals surface area contributed by atoms with Gasteiger partial charge in [-0.1, -0.05) is 13.8 Å². The summed E-state index contributed by atoms with van der Waals surface area (Å²) in [5.41, 5.74) is 8.09. The number of rotatable bonds is 2. The molecule has 0 aliphatic carbocycles. The van der Waals surface area contributed by atoms with E-state index in [4.69, 9.17) is 10.8 Å². The Morgan fingerprint density at radius 2 is 2.17 bits per heavy atom. The molecule has 2 aliphatic rings. The number of carbonyl (C=O) groups excluding carboxylic acids is 1. The van der Waals surface area contributed by atoms with Gasteiger partial charge < -0.3 is 15.7 Å². The third-order valence-corrected chi connectivity index (χ3v) is 4.84. The van der Waals surface area contributed by atoms with Crippen LogP contribution in [0.3, 0.4) is 0 Å². The lowest BCUT2D eigenvalue weighted by Crippen LogP contribution is -2.52. The van der Waals surface area contributed by atoms with Crippen molar-refractivity contribution < 1.29 is 14.7 Å². The van der Waals surface area contributed by atoms with Gasteiger partial charge in [0, 0.05) is 36.6 Å². The molecule has 6 nitrogen and oxygen atoms in total. The van der Waals surface area contributed by atoms with E-state index in [1.807, 2.05) is 12.1 Å². The number of anilines is 1. The van der Waals surface area contributed by atoms with Crippen molar-refractivity contribution in [2.45, 2.75) is 26.3 Å². The average Bonchev–Trinajstić information content (AvgIpc) is 2.49. The number of carboxylic acid groups (broad SMARTS) is 1. The summed E-state index contributed by atoms with van der Waals surface area (Å²) in [5, 5.41) is 9.04. The molecule has 0 bridgehead atoms. The van der Waals surface area contributed by atoms with Crippen LogP contribution < -0.4 is 10.6 Å². The van der Waals surface area contributed by atoms with Crippen LogP contribution in [0.2, 0.25) is 0 Å². The van der Waals surface area contributed by atoms with E-state index in [0.29, 0.717) is 11.3 Å². The summed E-state index contributed by atoms with van der Waals surface area (Å²) < 4.78 is 0. The van der Waals surface area contributed by atoms with Crippen LogP contribution in [0.15, 0.2) is 23.2 Å². The minimum atomic E-state index is -1.18. The van der Waals surface area contributed by atoms with Crippen molar-refractivity contribution in [1.82, 2.24) is 0 Å². The zero-order valence-electron chi connectivity index (χ0n) is 13.3. The van der Waals surface area contributed by atoms with Crippen LogP contribution in [0.4, 0.5) is 11.4 Å². The first-order chi connectivity index (χ1) is 10.8. The number of piperidine rings is 1. The fraction of sp³-hybridized carbons (Fsp3) is 0.471. The number of hydrogen-bond donors (Lipinski definition) is 2. The Morgan fingerprint density at radius 3 is 2.83 bits per heavy atom. The number of fused-ring (bicyclic) bond motifs is 1. The van der Waals surface area contributed by atoms with E-state index < -0.39 is 17.7 Å². The van der Waals surface area contributed by atoms with Gasteiger partial charge in [-0.15, -0.1) is 0 Å². The number of aliphatic imine (C=N–C) groups is 1. The molecule has 0 spiro atoms. The highest BCUT2D eigenvalue weighted by Gasteiger charge is 2.34. The summed E-state index contributed by atoms with van der Waals surface area (Å²) in [6.07, 6.45) is 2.13. The summed E-state index contributed by atoms with van der Waals surface area (Å²) in [4.78, 5) is 29.7. The van der Waals surface area contributed by atoms with Gasteiger partial charge in [0.25, 0.3) is 0 Å². The predicted molar refractivity (Wildman–Crippen MR) is 88.6 cm³/mol. The number of carbonyl (C=O) groups is 2. The molecule has 2 aliphatic heterocycles. The molecule has 2 atom stereocenters. The maximum atomic E-state index is 12.2. The maximum absolute atomic E-state index is 12.2. The number of aliphatic carboxylic acids is 1. The van der Waals surface area contributed by atoms with Gasteiger partial charge >= 0.3 is 5.97 Å². The Hall–Kier alpha value is -2.21. The van der Waals surface area contributed by atoms with Gasteiger partial charge in [-0.3, -0.25) is 14.6 Å². The highest BCUT2D eigenvalue weighted by molar-refractivity contribution is 6.22. The van der Waals surface area contributed by atoms with Gasteiger partial charge in [-0.25, -0.2) is 0 Å². The SMILES string of the molecule is CC1(C)CN(c2ccc3c(c2)N=CC(C(=O)O)C3=O)CCC1N. The third kappa shape index (κ3) is 2.74. The number of nitrogens with zero attached hydrogens (tertiary/aromatic N) is 2. The summed E-state index contributed by atoms with van der Waals surface area (Å²) in [7, 11) is 0. The van der Waals surface area contributed by atoms with Crippen LogP contribution in [-0.2, 0) is 4.79 Å². The lowest BCUT2D eigenvalue weighted by Gasteiger charge is -2.43. The van der Waals surface area contributed by atoms with Crippen molar-refractivity contribution in [3.63, 3.8) is 0 Å². The number of nitrogens with two attached hydrogens (primary N) is 1. The Morgan fingerprint density at radius 1 is 1.43 bits per heavy atom. The second kappa shape index (κ2) is 5.45. The molecule has 122 valence electrons. The summed E-state index contributed by atoms with van der Waals surface area (Å²) in [6, 6.07) is 5.58. The standard InChI is InChI=1S/C17H21N3O3/c1-17(2)9-20(6-5-14(17)18)10-3-4-11-13(7-10)19-8-12(15(11)21)16(22)23/h3-4,7-8,12,14H,5-6,9,18H2,1-2H3,(H,22,23). The molecule has 23 heavy (non-hydrogen) atoms. The molecule has 0 saturated carbocycles. The molecule has 0 aromatic heterocycles. The largest absolute Gasteiger partial charge is 0.480 e. The first kappa shape index (κ1) is 15.7. The second-order valence-corrected chi connectivity index (χ2v) is 6.97. The van der Waals surface area contributed by atoms with E-state index in [9.17, 15) is 9.59 Å². The molecule has 3 rings (SSSR count). The van der Waals surface area contributed by atoms with Crippen molar-refractivity contribution >= 4 is 29.3 Å². The minimum Gasteiger partial charge on any atom is -0.480 e. The zero-order chi connectivity index (χ0) is 16.8. The molecule has 2 unspecified atom stereocenters.